The maximum atomic E-state index is 13.6. The summed E-state index contributed by atoms with van der Waals surface area (Å²) in [6, 6.07) is 1.37. The highest BCUT2D eigenvalue weighted by Crippen LogP contribution is 2.37. The normalized spacial score (nSPS) is 11.6. The van der Waals surface area contributed by atoms with E-state index >= 15 is 0 Å². The van der Waals surface area contributed by atoms with E-state index in [-0.39, 0.29) is 11.7 Å². The van der Waals surface area contributed by atoms with E-state index in [1.54, 1.807) is 0 Å². The summed E-state index contributed by atoms with van der Waals surface area (Å²) in [5.74, 6) is -1.28. The van der Waals surface area contributed by atoms with E-state index in [0.29, 0.717) is 6.07 Å². The third kappa shape index (κ3) is 3.50. The molecular weight excluding hydrogens is 260 g/mol. The number of halogens is 4. The van der Waals surface area contributed by atoms with Crippen molar-refractivity contribution in [3.05, 3.63) is 23.5 Å². The van der Waals surface area contributed by atoms with Crippen LogP contribution in [0.15, 0.2) is 17.0 Å². The van der Waals surface area contributed by atoms with E-state index in [0.717, 1.165) is 17.8 Å². The van der Waals surface area contributed by atoms with E-state index in [9.17, 15) is 17.6 Å². The summed E-state index contributed by atoms with van der Waals surface area (Å²) in [6.07, 6.45) is -3.05. The molecule has 0 atom stereocenters. The maximum absolute atomic E-state index is 13.6. The number of methoxy groups -OCH3 is 1. The highest BCUT2D eigenvalue weighted by molar-refractivity contribution is 7.98. The molecule has 0 bridgehead atoms. The van der Waals surface area contributed by atoms with Crippen LogP contribution in [0.25, 0.3) is 0 Å². The van der Waals surface area contributed by atoms with Crippen LogP contribution in [0.4, 0.5) is 17.6 Å². The molecule has 0 aliphatic heterocycles. The Labute approximate surface area is 99.9 Å². The van der Waals surface area contributed by atoms with Gasteiger partial charge >= 0.3 is 6.18 Å². The zero-order chi connectivity index (χ0) is 13.1. The molecule has 0 amide bonds. The van der Waals surface area contributed by atoms with Gasteiger partial charge in [-0.15, -0.1) is 11.8 Å². The van der Waals surface area contributed by atoms with Gasteiger partial charge in [0.15, 0.2) is 18.4 Å². The molecule has 0 fully saturated rings. The molecule has 0 saturated carbocycles. The van der Waals surface area contributed by atoms with Gasteiger partial charge in [-0.05, 0) is 18.4 Å². The van der Waals surface area contributed by atoms with Gasteiger partial charge < -0.3 is 9.47 Å². The summed E-state index contributed by atoms with van der Waals surface area (Å²) < 4.78 is 60.4. The summed E-state index contributed by atoms with van der Waals surface area (Å²) in [7, 11) is 1.29. The van der Waals surface area contributed by atoms with Gasteiger partial charge in [-0.2, -0.15) is 13.2 Å². The average molecular weight is 270 g/mol. The Bertz CT molecular complexity index is 393. The van der Waals surface area contributed by atoms with Gasteiger partial charge in [0.25, 0.3) is 0 Å². The second-order valence-electron chi connectivity index (χ2n) is 3.04. The molecule has 0 aliphatic rings. The van der Waals surface area contributed by atoms with Crippen LogP contribution in [0, 0.1) is 5.82 Å². The standard InChI is InChI=1S/C10H10F4O2S/c1-15-5-16-7-3-6(10(12,13)14)4-8(17-2)9(7)11/h3-4H,5H2,1-2H3. The Morgan fingerprint density at radius 2 is 1.94 bits per heavy atom. The highest BCUT2D eigenvalue weighted by Gasteiger charge is 2.32. The fraction of sp³-hybridized carbons (Fsp3) is 0.400. The van der Waals surface area contributed by atoms with Crippen LogP contribution in [0.5, 0.6) is 5.75 Å². The van der Waals surface area contributed by atoms with Gasteiger partial charge in [0.1, 0.15) is 0 Å². The topological polar surface area (TPSA) is 18.5 Å². The minimum Gasteiger partial charge on any atom is -0.464 e. The third-order valence-corrected chi connectivity index (χ3v) is 2.62. The predicted octanol–water partition coefficient (Wildman–Crippen LogP) is 3.55. The van der Waals surface area contributed by atoms with Crippen molar-refractivity contribution in [3.8, 4) is 5.75 Å². The van der Waals surface area contributed by atoms with Crippen molar-refractivity contribution in [2.45, 2.75) is 11.1 Å². The molecule has 0 unspecified atom stereocenters. The van der Waals surface area contributed by atoms with E-state index in [2.05, 4.69) is 4.74 Å². The van der Waals surface area contributed by atoms with E-state index < -0.39 is 23.3 Å². The smallest absolute Gasteiger partial charge is 0.416 e. The van der Waals surface area contributed by atoms with Gasteiger partial charge in [0, 0.05) is 12.0 Å². The Hall–Kier alpha value is -0.950. The van der Waals surface area contributed by atoms with Crippen molar-refractivity contribution >= 4 is 11.8 Å². The van der Waals surface area contributed by atoms with E-state index in [1.807, 2.05) is 0 Å². The quantitative estimate of drug-likeness (QED) is 0.473. The van der Waals surface area contributed by atoms with Crippen molar-refractivity contribution in [1.82, 2.24) is 0 Å². The van der Waals surface area contributed by atoms with E-state index in [1.165, 1.54) is 13.4 Å². The highest BCUT2D eigenvalue weighted by atomic mass is 32.2. The molecule has 1 aromatic rings. The molecule has 1 aromatic carbocycles. The van der Waals surface area contributed by atoms with Gasteiger partial charge in [-0.1, -0.05) is 0 Å². The second-order valence-corrected chi connectivity index (χ2v) is 3.89. The molecule has 0 spiro atoms. The molecule has 0 radical (unpaired) electrons. The fourth-order valence-electron chi connectivity index (χ4n) is 1.11. The molecule has 0 aromatic heterocycles. The first kappa shape index (κ1) is 14.1. The molecular formula is C10H10F4O2S. The van der Waals surface area contributed by atoms with Crippen LogP contribution in [-0.2, 0) is 10.9 Å². The minimum absolute atomic E-state index is 0.120. The summed E-state index contributed by atoms with van der Waals surface area (Å²) >= 11 is 0.878. The number of ether oxygens (including phenoxy) is 2. The first-order valence-electron chi connectivity index (χ1n) is 4.46. The van der Waals surface area contributed by atoms with Crippen LogP contribution < -0.4 is 4.74 Å². The van der Waals surface area contributed by atoms with Crippen LogP contribution >= 0.6 is 11.8 Å². The largest absolute Gasteiger partial charge is 0.464 e. The van der Waals surface area contributed by atoms with Crippen LogP contribution in [0.2, 0.25) is 0 Å². The third-order valence-electron chi connectivity index (χ3n) is 1.89. The lowest BCUT2D eigenvalue weighted by Gasteiger charge is -2.13. The number of rotatable bonds is 4. The first-order valence-corrected chi connectivity index (χ1v) is 5.69. The molecule has 0 saturated heterocycles. The molecule has 2 nitrogen and oxygen atoms in total. The van der Waals surface area contributed by atoms with Gasteiger partial charge in [0.05, 0.1) is 5.56 Å². The molecule has 17 heavy (non-hydrogen) atoms. The Morgan fingerprint density at radius 1 is 1.29 bits per heavy atom. The number of hydrogen-bond acceptors (Lipinski definition) is 3. The van der Waals surface area contributed by atoms with Gasteiger partial charge in [-0.25, -0.2) is 4.39 Å². The summed E-state index contributed by atoms with van der Waals surface area (Å²) in [6.45, 7) is -0.313. The monoisotopic (exact) mass is 270 g/mol. The first-order chi connectivity index (χ1) is 7.90. The maximum Gasteiger partial charge on any atom is 0.416 e. The number of alkyl halides is 3. The summed E-state index contributed by atoms with van der Waals surface area (Å²) in [5, 5.41) is 0. The van der Waals surface area contributed by atoms with E-state index in [4.69, 9.17) is 4.74 Å². The zero-order valence-corrected chi connectivity index (χ0v) is 9.91. The van der Waals surface area contributed by atoms with Crippen LogP contribution in [-0.4, -0.2) is 20.2 Å². The van der Waals surface area contributed by atoms with Crippen LogP contribution in [0.1, 0.15) is 5.56 Å². The molecule has 1 rings (SSSR count). The number of thioether (sulfide) groups is 1. The SMILES string of the molecule is COCOc1cc(C(F)(F)F)cc(SC)c1F. The Balaban J connectivity index is 3.19. The summed E-state index contributed by atoms with van der Waals surface area (Å²) in [4.78, 5) is -0.120. The van der Waals surface area contributed by atoms with Gasteiger partial charge in [0.2, 0.25) is 0 Å². The van der Waals surface area contributed by atoms with Gasteiger partial charge in [-0.3, -0.25) is 0 Å². The second kappa shape index (κ2) is 5.59. The fourth-order valence-corrected chi connectivity index (χ4v) is 1.64. The zero-order valence-electron chi connectivity index (χ0n) is 9.10. The Kier molecular flexibility index (Phi) is 4.64. The minimum atomic E-state index is -4.54. The molecule has 7 heteroatoms. The molecule has 0 heterocycles. The van der Waals surface area contributed by atoms with Crippen molar-refractivity contribution in [2.24, 2.45) is 0 Å². The predicted molar refractivity (Wildman–Crippen MR) is 55.7 cm³/mol. The number of hydrogen-bond donors (Lipinski definition) is 0. The molecule has 96 valence electrons. The summed E-state index contributed by atoms with van der Waals surface area (Å²) in [5.41, 5.74) is -0.950. The van der Waals surface area contributed by atoms with Crippen molar-refractivity contribution < 1.29 is 27.0 Å². The van der Waals surface area contributed by atoms with Crippen LogP contribution in [0.3, 0.4) is 0 Å². The lowest BCUT2D eigenvalue weighted by molar-refractivity contribution is -0.138. The molecule has 0 aliphatic carbocycles. The Morgan fingerprint density at radius 3 is 2.41 bits per heavy atom. The van der Waals surface area contributed by atoms with Crippen molar-refractivity contribution in [1.29, 1.82) is 0 Å². The van der Waals surface area contributed by atoms with Crippen molar-refractivity contribution in [2.75, 3.05) is 20.2 Å². The lowest BCUT2D eigenvalue weighted by atomic mass is 10.2. The lowest BCUT2D eigenvalue weighted by Crippen LogP contribution is -2.08. The number of benzene rings is 1. The molecule has 0 N–H and O–H groups in total. The average Bonchev–Trinajstić information content (AvgIpc) is 2.26. The van der Waals surface area contributed by atoms with Crippen molar-refractivity contribution in [3.63, 3.8) is 0 Å².